The minimum absolute atomic E-state index is 0.0278. The van der Waals surface area contributed by atoms with Gasteiger partial charge in [-0.3, -0.25) is 14.4 Å². The molecule has 2 aliphatic rings. The normalized spacial score (nSPS) is 22.0. The van der Waals surface area contributed by atoms with Crippen molar-refractivity contribution in [2.45, 2.75) is 33.1 Å². The van der Waals surface area contributed by atoms with Crippen LogP contribution in [0.15, 0.2) is 0 Å². The van der Waals surface area contributed by atoms with E-state index in [1.807, 2.05) is 13.8 Å². The molecule has 6 heteroatoms. The molecule has 118 valence electrons. The van der Waals surface area contributed by atoms with Crippen LogP contribution in [0.5, 0.6) is 0 Å². The molecule has 2 rings (SSSR count). The zero-order chi connectivity index (χ0) is 15.6. The zero-order valence-corrected chi connectivity index (χ0v) is 12.7. The molecule has 1 saturated carbocycles. The Hall–Kier alpha value is -1.59. The Morgan fingerprint density at radius 2 is 2.05 bits per heavy atom. The summed E-state index contributed by atoms with van der Waals surface area (Å²) in [6.07, 6.45) is 2.56. The molecule has 0 spiro atoms. The summed E-state index contributed by atoms with van der Waals surface area (Å²) < 4.78 is 0. The summed E-state index contributed by atoms with van der Waals surface area (Å²) in [5, 5.41) is 8.95. The van der Waals surface area contributed by atoms with E-state index in [9.17, 15) is 14.4 Å². The molecule has 0 aromatic carbocycles. The van der Waals surface area contributed by atoms with Crippen LogP contribution in [0.3, 0.4) is 0 Å². The van der Waals surface area contributed by atoms with Gasteiger partial charge in [-0.1, -0.05) is 13.8 Å². The van der Waals surface area contributed by atoms with Gasteiger partial charge in [0.1, 0.15) is 6.54 Å². The molecule has 1 aliphatic heterocycles. The van der Waals surface area contributed by atoms with Gasteiger partial charge in [-0.2, -0.15) is 0 Å². The molecule has 0 aromatic heterocycles. The van der Waals surface area contributed by atoms with E-state index in [1.165, 1.54) is 17.7 Å². The lowest BCUT2D eigenvalue weighted by molar-refractivity contribution is -0.146. The first kappa shape index (κ1) is 15.8. The number of hydrogen-bond donors (Lipinski definition) is 1. The van der Waals surface area contributed by atoms with Gasteiger partial charge >= 0.3 is 5.97 Å². The standard InChI is InChI=1S/C15H24N2O4/c1-10(2)6-17(9-14(19)20)15(21)12-5-13(18)16(8-12)7-11-3-4-11/h10-12H,3-9H2,1-2H3,(H,19,20). The molecule has 0 radical (unpaired) electrons. The van der Waals surface area contributed by atoms with Crippen molar-refractivity contribution in [1.82, 2.24) is 9.80 Å². The maximum absolute atomic E-state index is 12.5. The van der Waals surface area contributed by atoms with Crippen LogP contribution in [0.25, 0.3) is 0 Å². The van der Waals surface area contributed by atoms with Crippen molar-refractivity contribution in [2.75, 3.05) is 26.2 Å². The summed E-state index contributed by atoms with van der Waals surface area (Å²) >= 11 is 0. The predicted molar refractivity (Wildman–Crippen MR) is 76.5 cm³/mol. The lowest BCUT2D eigenvalue weighted by atomic mass is 10.1. The van der Waals surface area contributed by atoms with E-state index in [2.05, 4.69) is 0 Å². The number of nitrogens with zero attached hydrogens (tertiary/aromatic N) is 2. The van der Waals surface area contributed by atoms with Gasteiger partial charge in [0.2, 0.25) is 11.8 Å². The Morgan fingerprint density at radius 1 is 1.38 bits per heavy atom. The van der Waals surface area contributed by atoms with Crippen molar-refractivity contribution in [2.24, 2.45) is 17.8 Å². The summed E-state index contributed by atoms with van der Waals surface area (Å²) in [6, 6.07) is 0. The molecular formula is C15H24N2O4. The van der Waals surface area contributed by atoms with Crippen molar-refractivity contribution in [3.63, 3.8) is 0 Å². The fourth-order valence-electron chi connectivity index (χ4n) is 2.82. The van der Waals surface area contributed by atoms with E-state index >= 15 is 0 Å². The van der Waals surface area contributed by atoms with Crippen molar-refractivity contribution in [3.8, 4) is 0 Å². The van der Waals surface area contributed by atoms with Crippen molar-refractivity contribution < 1.29 is 19.5 Å². The van der Waals surface area contributed by atoms with Crippen molar-refractivity contribution in [1.29, 1.82) is 0 Å². The van der Waals surface area contributed by atoms with Crippen LogP contribution in [0.4, 0.5) is 0 Å². The highest BCUT2D eigenvalue weighted by Crippen LogP contribution is 2.32. The second-order valence-electron chi connectivity index (χ2n) is 6.65. The number of carbonyl (C=O) groups excluding carboxylic acids is 2. The SMILES string of the molecule is CC(C)CN(CC(=O)O)C(=O)C1CC(=O)N(CC2CC2)C1. The summed E-state index contributed by atoms with van der Waals surface area (Å²) in [5.41, 5.74) is 0. The highest BCUT2D eigenvalue weighted by atomic mass is 16.4. The lowest BCUT2D eigenvalue weighted by Crippen LogP contribution is -2.42. The topological polar surface area (TPSA) is 77.9 Å². The van der Waals surface area contributed by atoms with E-state index in [1.54, 1.807) is 4.90 Å². The summed E-state index contributed by atoms with van der Waals surface area (Å²) in [7, 11) is 0. The molecule has 1 heterocycles. The number of likely N-dealkylation sites (tertiary alicyclic amines) is 1. The number of hydrogen-bond acceptors (Lipinski definition) is 3. The number of aliphatic carboxylic acids is 1. The van der Waals surface area contributed by atoms with E-state index in [0.717, 1.165) is 6.54 Å². The fraction of sp³-hybridized carbons (Fsp3) is 0.800. The Bertz CT molecular complexity index is 431. The monoisotopic (exact) mass is 296 g/mol. The van der Waals surface area contributed by atoms with Gasteiger partial charge in [0, 0.05) is 26.1 Å². The van der Waals surface area contributed by atoms with Crippen LogP contribution in [-0.4, -0.2) is 58.9 Å². The second-order valence-corrected chi connectivity index (χ2v) is 6.65. The van der Waals surface area contributed by atoms with E-state index in [-0.39, 0.29) is 36.6 Å². The summed E-state index contributed by atoms with van der Waals surface area (Å²) in [5.74, 6) is -0.753. The van der Waals surface area contributed by atoms with Crippen LogP contribution in [0.2, 0.25) is 0 Å². The minimum Gasteiger partial charge on any atom is -0.480 e. The highest BCUT2D eigenvalue weighted by Gasteiger charge is 2.39. The minimum atomic E-state index is -1.01. The largest absolute Gasteiger partial charge is 0.480 e. The molecule has 1 saturated heterocycles. The Labute approximate surface area is 125 Å². The van der Waals surface area contributed by atoms with Gasteiger partial charge in [0.25, 0.3) is 0 Å². The van der Waals surface area contributed by atoms with Crippen molar-refractivity contribution in [3.05, 3.63) is 0 Å². The number of carboxylic acid groups (broad SMARTS) is 1. The number of carbonyl (C=O) groups is 3. The quantitative estimate of drug-likeness (QED) is 0.754. The van der Waals surface area contributed by atoms with Crippen molar-refractivity contribution >= 4 is 17.8 Å². The molecule has 1 aliphatic carbocycles. The van der Waals surface area contributed by atoms with Gasteiger partial charge < -0.3 is 14.9 Å². The average Bonchev–Trinajstić information content (AvgIpc) is 3.10. The zero-order valence-electron chi connectivity index (χ0n) is 12.7. The van der Waals surface area contributed by atoms with E-state index in [0.29, 0.717) is 19.0 Å². The molecule has 1 atom stereocenters. The van der Waals surface area contributed by atoms with Crippen LogP contribution in [0.1, 0.15) is 33.1 Å². The number of rotatable bonds is 7. The van der Waals surface area contributed by atoms with Crippen LogP contribution < -0.4 is 0 Å². The maximum Gasteiger partial charge on any atom is 0.323 e. The molecule has 21 heavy (non-hydrogen) atoms. The van der Waals surface area contributed by atoms with Crippen LogP contribution in [0, 0.1) is 17.8 Å². The second kappa shape index (κ2) is 6.45. The number of amides is 2. The summed E-state index contributed by atoms with van der Waals surface area (Å²) in [4.78, 5) is 38.5. The first-order valence-electron chi connectivity index (χ1n) is 7.65. The maximum atomic E-state index is 12.5. The molecule has 1 unspecified atom stereocenters. The molecule has 1 N–H and O–H groups in total. The van der Waals surface area contributed by atoms with Crippen LogP contribution in [-0.2, 0) is 14.4 Å². The average molecular weight is 296 g/mol. The van der Waals surface area contributed by atoms with Gasteiger partial charge in [-0.05, 0) is 24.7 Å². The first-order chi connectivity index (χ1) is 9.86. The van der Waals surface area contributed by atoms with E-state index in [4.69, 9.17) is 5.11 Å². The molecule has 6 nitrogen and oxygen atoms in total. The lowest BCUT2D eigenvalue weighted by Gasteiger charge is -2.25. The molecule has 0 bridgehead atoms. The Morgan fingerprint density at radius 3 is 2.57 bits per heavy atom. The van der Waals surface area contributed by atoms with Gasteiger partial charge in [-0.15, -0.1) is 0 Å². The third kappa shape index (κ3) is 4.44. The van der Waals surface area contributed by atoms with Gasteiger partial charge in [0.05, 0.1) is 5.92 Å². The third-order valence-electron chi connectivity index (χ3n) is 3.96. The Balaban J connectivity index is 1.95. The van der Waals surface area contributed by atoms with Gasteiger partial charge in [-0.25, -0.2) is 0 Å². The molecule has 0 aromatic rings. The first-order valence-corrected chi connectivity index (χ1v) is 7.65. The summed E-state index contributed by atoms with van der Waals surface area (Å²) in [6.45, 7) is 5.22. The highest BCUT2D eigenvalue weighted by molar-refractivity contribution is 5.90. The molecule has 2 fully saturated rings. The molecular weight excluding hydrogens is 272 g/mol. The smallest absolute Gasteiger partial charge is 0.323 e. The number of carboxylic acids is 1. The predicted octanol–water partition coefficient (Wildman–Crippen LogP) is 0.814. The fourth-order valence-corrected chi connectivity index (χ4v) is 2.82. The third-order valence-corrected chi connectivity index (χ3v) is 3.96. The Kier molecular flexibility index (Phi) is 4.85. The van der Waals surface area contributed by atoms with Gasteiger partial charge in [0.15, 0.2) is 0 Å². The molecule has 2 amide bonds. The van der Waals surface area contributed by atoms with Crippen LogP contribution >= 0.6 is 0 Å². The van der Waals surface area contributed by atoms with E-state index < -0.39 is 5.97 Å².